The van der Waals surface area contributed by atoms with Crippen LogP contribution in [0.2, 0.25) is 0 Å². The fourth-order valence-electron chi connectivity index (χ4n) is 3.85. The SMILES string of the molecule is CC1C(N2C(=O)CSC2c2cc(I)cc(I)c2O)C(=O)N(c2ccccc2)N1C. The van der Waals surface area contributed by atoms with Crippen LogP contribution >= 0.6 is 56.9 Å². The molecule has 2 aliphatic heterocycles. The second-order valence-electron chi connectivity index (χ2n) is 7.03. The fourth-order valence-corrected chi connectivity index (χ4v) is 6.96. The first-order valence-corrected chi connectivity index (χ1v) is 12.2. The van der Waals surface area contributed by atoms with E-state index < -0.39 is 11.4 Å². The molecule has 2 aromatic rings. The minimum Gasteiger partial charge on any atom is -0.506 e. The number of carbonyl (C=O) groups excluding carboxylic acids is 2. The lowest BCUT2D eigenvalue weighted by Crippen LogP contribution is -2.47. The number of carbonyl (C=O) groups is 2. The second-order valence-corrected chi connectivity index (χ2v) is 10.5. The number of likely N-dealkylation sites (N-methyl/N-ethyl adjacent to an activating group) is 1. The van der Waals surface area contributed by atoms with Crippen molar-refractivity contribution in [2.75, 3.05) is 17.8 Å². The first kappa shape index (κ1) is 21.2. The zero-order valence-corrected chi connectivity index (χ0v) is 20.9. The number of phenols is 1. The van der Waals surface area contributed by atoms with Crippen LogP contribution < -0.4 is 5.01 Å². The van der Waals surface area contributed by atoms with Gasteiger partial charge >= 0.3 is 0 Å². The third-order valence-electron chi connectivity index (χ3n) is 5.35. The summed E-state index contributed by atoms with van der Waals surface area (Å²) in [4.78, 5) is 28.0. The van der Waals surface area contributed by atoms with E-state index in [1.54, 1.807) is 9.91 Å². The third kappa shape index (κ3) is 3.63. The number of amides is 2. The van der Waals surface area contributed by atoms with Crippen LogP contribution in [0.5, 0.6) is 5.75 Å². The molecule has 9 heteroatoms. The first-order chi connectivity index (χ1) is 13.8. The van der Waals surface area contributed by atoms with Gasteiger partial charge in [0.05, 0.1) is 21.1 Å². The zero-order valence-electron chi connectivity index (χ0n) is 15.8. The highest BCUT2D eigenvalue weighted by atomic mass is 127. The highest BCUT2D eigenvalue weighted by Crippen LogP contribution is 2.47. The van der Waals surface area contributed by atoms with E-state index in [1.807, 2.05) is 61.4 Å². The summed E-state index contributed by atoms with van der Waals surface area (Å²) in [6.07, 6.45) is 0. The summed E-state index contributed by atoms with van der Waals surface area (Å²) in [6, 6.07) is 12.4. The maximum Gasteiger partial charge on any atom is 0.266 e. The molecule has 0 bridgehead atoms. The van der Waals surface area contributed by atoms with Gasteiger partial charge in [0.25, 0.3) is 5.91 Å². The molecule has 6 nitrogen and oxygen atoms in total. The number of aromatic hydroxyl groups is 1. The molecule has 152 valence electrons. The topological polar surface area (TPSA) is 64.1 Å². The minimum absolute atomic E-state index is 0.0817. The van der Waals surface area contributed by atoms with Crippen LogP contribution in [0.15, 0.2) is 42.5 Å². The van der Waals surface area contributed by atoms with Gasteiger partial charge in [-0.25, -0.2) is 10.0 Å². The van der Waals surface area contributed by atoms with Gasteiger partial charge in [0.15, 0.2) is 0 Å². The molecular formula is C20H19I2N3O3S. The lowest BCUT2D eigenvalue weighted by atomic mass is 10.1. The molecule has 2 heterocycles. The molecule has 2 aromatic carbocycles. The number of anilines is 1. The Morgan fingerprint density at radius 2 is 1.83 bits per heavy atom. The molecule has 2 fully saturated rings. The van der Waals surface area contributed by atoms with E-state index in [-0.39, 0.29) is 29.4 Å². The summed E-state index contributed by atoms with van der Waals surface area (Å²) >= 11 is 5.75. The van der Waals surface area contributed by atoms with E-state index in [9.17, 15) is 14.7 Å². The van der Waals surface area contributed by atoms with Crippen LogP contribution in [0.4, 0.5) is 5.69 Å². The van der Waals surface area contributed by atoms with Crippen molar-refractivity contribution in [1.82, 2.24) is 9.91 Å². The van der Waals surface area contributed by atoms with Gasteiger partial charge in [-0.1, -0.05) is 18.2 Å². The maximum atomic E-state index is 13.5. The fraction of sp³-hybridized carbons (Fsp3) is 0.300. The average molecular weight is 635 g/mol. The summed E-state index contributed by atoms with van der Waals surface area (Å²) in [5.74, 6) is 0.251. The highest BCUT2D eigenvalue weighted by molar-refractivity contribution is 14.1. The van der Waals surface area contributed by atoms with Crippen LogP contribution in [0, 0.1) is 7.14 Å². The Labute approximate surface area is 200 Å². The van der Waals surface area contributed by atoms with Crippen LogP contribution in [0.1, 0.15) is 17.9 Å². The van der Waals surface area contributed by atoms with E-state index >= 15 is 0 Å². The number of hydrazine groups is 1. The predicted molar refractivity (Wildman–Crippen MR) is 131 cm³/mol. The molecular weight excluding hydrogens is 616 g/mol. The molecule has 1 N–H and O–H groups in total. The monoisotopic (exact) mass is 635 g/mol. The number of hydrogen-bond donors (Lipinski definition) is 1. The zero-order chi connectivity index (χ0) is 20.9. The largest absolute Gasteiger partial charge is 0.506 e. The number of hydrogen-bond acceptors (Lipinski definition) is 5. The maximum absolute atomic E-state index is 13.5. The number of benzene rings is 2. The Balaban J connectivity index is 1.74. The molecule has 2 aliphatic rings. The lowest BCUT2D eigenvalue weighted by molar-refractivity contribution is -0.136. The van der Waals surface area contributed by atoms with Crippen molar-refractivity contribution < 1.29 is 14.7 Å². The molecule has 0 spiro atoms. The number of rotatable bonds is 3. The number of thioether (sulfide) groups is 1. The molecule has 0 saturated carbocycles. The van der Waals surface area contributed by atoms with E-state index in [2.05, 4.69) is 45.2 Å². The van der Waals surface area contributed by atoms with Crippen molar-refractivity contribution in [3.63, 3.8) is 0 Å². The van der Waals surface area contributed by atoms with Crippen LogP contribution in [0.3, 0.4) is 0 Å². The molecule has 4 rings (SSSR count). The van der Waals surface area contributed by atoms with Crippen molar-refractivity contribution in [2.24, 2.45) is 0 Å². The molecule has 0 aromatic heterocycles. The molecule has 0 radical (unpaired) electrons. The van der Waals surface area contributed by atoms with Gasteiger partial charge < -0.3 is 10.0 Å². The molecule has 2 saturated heterocycles. The summed E-state index contributed by atoms with van der Waals surface area (Å²) in [5, 5.41) is 13.8. The number of phenolic OH excluding ortho intramolecular Hbond substituents is 1. The standard InChI is InChI=1S/C20H19I2N3O3S/c1-11-17(19(28)25(23(11)2)13-6-4-3-5-7-13)24-16(26)10-29-20(24)14-8-12(21)9-15(22)18(14)27/h3-9,11,17,20,27H,10H2,1-2H3. The normalized spacial score (nSPS) is 25.3. The van der Waals surface area contributed by atoms with Crippen LogP contribution in [0.25, 0.3) is 0 Å². The number of para-hydroxylation sites is 1. The van der Waals surface area contributed by atoms with E-state index in [0.29, 0.717) is 5.56 Å². The van der Waals surface area contributed by atoms with Crippen molar-refractivity contribution in [3.8, 4) is 5.75 Å². The van der Waals surface area contributed by atoms with Crippen molar-refractivity contribution in [2.45, 2.75) is 24.4 Å². The third-order valence-corrected chi connectivity index (χ3v) is 8.01. The van der Waals surface area contributed by atoms with Crippen LogP contribution in [-0.2, 0) is 9.59 Å². The van der Waals surface area contributed by atoms with Crippen LogP contribution in [-0.4, -0.2) is 51.7 Å². The van der Waals surface area contributed by atoms with Gasteiger partial charge in [-0.15, -0.1) is 11.8 Å². The molecule has 3 unspecified atom stereocenters. The Kier molecular flexibility index (Phi) is 6.02. The quantitative estimate of drug-likeness (QED) is 0.521. The predicted octanol–water partition coefficient (Wildman–Crippen LogP) is 3.83. The van der Waals surface area contributed by atoms with Crippen molar-refractivity contribution >= 4 is 74.4 Å². The Morgan fingerprint density at radius 3 is 2.52 bits per heavy atom. The molecule has 2 amide bonds. The first-order valence-electron chi connectivity index (χ1n) is 9.03. The lowest BCUT2D eigenvalue weighted by Gasteiger charge is -2.31. The summed E-state index contributed by atoms with van der Waals surface area (Å²) in [7, 11) is 1.87. The van der Waals surface area contributed by atoms with Gasteiger partial charge in [0, 0.05) is 16.2 Å². The minimum atomic E-state index is -0.623. The van der Waals surface area contributed by atoms with E-state index in [1.165, 1.54) is 11.8 Å². The Bertz CT molecular complexity index is 975. The van der Waals surface area contributed by atoms with Crippen molar-refractivity contribution in [3.05, 3.63) is 55.2 Å². The molecule has 3 atom stereocenters. The summed E-state index contributed by atoms with van der Waals surface area (Å²) in [5.41, 5.74) is 1.45. The average Bonchev–Trinajstić information content (AvgIpc) is 3.16. The van der Waals surface area contributed by atoms with Crippen molar-refractivity contribution in [1.29, 1.82) is 0 Å². The summed E-state index contributed by atoms with van der Waals surface area (Å²) in [6.45, 7) is 1.96. The molecule has 0 aliphatic carbocycles. The Hall–Kier alpha value is -1.05. The van der Waals surface area contributed by atoms with E-state index in [4.69, 9.17) is 0 Å². The van der Waals surface area contributed by atoms with E-state index in [0.717, 1.165) is 12.8 Å². The van der Waals surface area contributed by atoms with Gasteiger partial charge in [0.1, 0.15) is 17.2 Å². The second kappa shape index (κ2) is 8.23. The smallest absolute Gasteiger partial charge is 0.266 e. The number of halogens is 2. The van der Waals surface area contributed by atoms with Gasteiger partial charge in [0.2, 0.25) is 5.91 Å². The summed E-state index contributed by atoms with van der Waals surface area (Å²) < 4.78 is 1.71. The Morgan fingerprint density at radius 1 is 1.14 bits per heavy atom. The van der Waals surface area contributed by atoms with Gasteiger partial charge in [-0.2, -0.15) is 0 Å². The molecule has 29 heavy (non-hydrogen) atoms. The number of nitrogens with zero attached hydrogens (tertiary/aromatic N) is 3. The highest BCUT2D eigenvalue weighted by Gasteiger charge is 2.52. The van der Waals surface area contributed by atoms with Gasteiger partial charge in [-0.05, 0) is 76.4 Å². The van der Waals surface area contributed by atoms with Gasteiger partial charge in [-0.3, -0.25) is 9.59 Å².